The molecule has 18 heavy (non-hydrogen) atoms. The maximum absolute atomic E-state index is 11.1. The number of oxazole rings is 1. The van der Waals surface area contributed by atoms with Gasteiger partial charge in [-0.25, -0.2) is 10.4 Å². The number of fused-ring (bicyclic) bond motifs is 1. The Balaban J connectivity index is 1.93. The summed E-state index contributed by atoms with van der Waals surface area (Å²) in [6.07, 6.45) is 0. The minimum Gasteiger partial charge on any atom is -0.441 e. The lowest BCUT2D eigenvalue weighted by Crippen LogP contribution is -2.36. The number of aryl methyl sites for hydroxylation is 1. The fourth-order valence-electron chi connectivity index (χ4n) is 1.62. The molecule has 0 aliphatic carbocycles. The van der Waals surface area contributed by atoms with Crippen LogP contribution in [-0.4, -0.2) is 24.5 Å². The Labute approximate surface area is 104 Å². The largest absolute Gasteiger partial charge is 0.441 e. The number of amides is 1. The van der Waals surface area contributed by atoms with Gasteiger partial charge in [-0.2, -0.15) is 0 Å². The normalized spacial score (nSPS) is 10.8. The van der Waals surface area contributed by atoms with Gasteiger partial charge in [0.2, 0.25) is 0 Å². The van der Waals surface area contributed by atoms with Crippen LogP contribution in [0.15, 0.2) is 22.6 Å². The second-order valence-electron chi connectivity index (χ2n) is 3.83. The maximum Gasteiger partial charge on any atom is 0.260 e. The first kappa shape index (κ1) is 12.5. The summed E-state index contributed by atoms with van der Waals surface area (Å²) in [5, 5.41) is 0. The molecule has 0 aliphatic heterocycles. The summed E-state index contributed by atoms with van der Waals surface area (Å²) in [6, 6.07) is 5.63. The topological polar surface area (TPSA) is 76.4 Å². The smallest absolute Gasteiger partial charge is 0.260 e. The molecule has 1 amide bonds. The lowest BCUT2D eigenvalue weighted by Gasteiger charge is -2.04. The number of nitrogens with zero attached hydrogens (tertiary/aromatic N) is 1. The minimum atomic E-state index is -0.212. The predicted octanol–water partition coefficient (Wildman–Crippen LogP) is 0.903. The third-order valence-electron chi connectivity index (χ3n) is 2.33. The van der Waals surface area contributed by atoms with E-state index in [1.165, 1.54) is 0 Å². The highest BCUT2D eigenvalue weighted by atomic mass is 16.5. The van der Waals surface area contributed by atoms with Crippen LogP contribution in [0.4, 0.5) is 0 Å². The third kappa shape index (κ3) is 3.06. The van der Waals surface area contributed by atoms with E-state index in [4.69, 9.17) is 9.15 Å². The predicted molar refractivity (Wildman–Crippen MR) is 65.6 cm³/mol. The minimum absolute atomic E-state index is 0.0106. The van der Waals surface area contributed by atoms with Crippen molar-refractivity contribution in [2.24, 2.45) is 0 Å². The zero-order chi connectivity index (χ0) is 13.0. The van der Waals surface area contributed by atoms with Crippen LogP contribution in [0.25, 0.3) is 11.1 Å². The number of rotatable bonds is 5. The van der Waals surface area contributed by atoms with Crippen LogP contribution in [0, 0.1) is 6.92 Å². The molecule has 0 radical (unpaired) electrons. The lowest BCUT2D eigenvalue weighted by atomic mass is 10.2. The SMILES string of the molecule is CNNC(=O)COCc1ccc2oc(C)nc2c1. The number of carbonyl (C=O) groups excluding carboxylic acids is 1. The molecule has 2 N–H and O–H groups in total. The van der Waals surface area contributed by atoms with E-state index in [1.54, 1.807) is 14.0 Å². The van der Waals surface area contributed by atoms with E-state index >= 15 is 0 Å². The fourth-order valence-corrected chi connectivity index (χ4v) is 1.62. The summed E-state index contributed by atoms with van der Waals surface area (Å²) in [7, 11) is 1.62. The highest BCUT2D eigenvalue weighted by Gasteiger charge is 2.04. The number of benzene rings is 1. The summed E-state index contributed by atoms with van der Waals surface area (Å²) in [5.41, 5.74) is 7.47. The van der Waals surface area contributed by atoms with Gasteiger partial charge in [0.25, 0.3) is 5.91 Å². The van der Waals surface area contributed by atoms with Gasteiger partial charge in [0, 0.05) is 14.0 Å². The summed E-state index contributed by atoms with van der Waals surface area (Å²) in [4.78, 5) is 15.4. The Bertz CT molecular complexity index is 550. The molecule has 1 aromatic heterocycles. The van der Waals surface area contributed by atoms with E-state index < -0.39 is 0 Å². The summed E-state index contributed by atoms with van der Waals surface area (Å²) in [6.45, 7) is 2.17. The molecule has 96 valence electrons. The molecule has 0 saturated carbocycles. The maximum atomic E-state index is 11.1. The highest BCUT2D eigenvalue weighted by molar-refractivity contribution is 5.76. The van der Waals surface area contributed by atoms with Gasteiger partial charge in [-0.3, -0.25) is 10.2 Å². The van der Waals surface area contributed by atoms with Gasteiger partial charge >= 0.3 is 0 Å². The average Bonchev–Trinajstić information content (AvgIpc) is 2.69. The quantitative estimate of drug-likeness (QED) is 0.770. The molecule has 2 rings (SSSR count). The van der Waals surface area contributed by atoms with E-state index in [-0.39, 0.29) is 12.5 Å². The number of ether oxygens (including phenoxy) is 1. The summed E-state index contributed by atoms with van der Waals surface area (Å²) < 4.78 is 10.7. The number of hydrazine groups is 1. The monoisotopic (exact) mass is 249 g/mol. The molecular weight excluding hydrogens is 234 g/mol. The molecule has 0 spiro atoms. The number of nitrogens with one attached hydrogen (secondary N) is 2. The molecule has 0 fully saturated rings. The molecule has 6 heteroatoms. The zero-order valence-electron chi connectivity index (χ0n) is 10.3. The van der Waals surface area contributed by atoms with Crippen LogP contribution in [-0.2, 0) is 16.1 Å². The Hall–Kier alpha value is -1.92. The Morgan fingerprint density at radius 1 is 1.50 bits per heavy atom. The Morgan fingerprint density at radius 3 is 3.11 bits per heavy atom. The van der Waals surface area contributed by atoms with Crippen molar-refractivity contribution >= 4 is 17.0 Å². The van der Waals surface area contributed by atoms with Crippen molar-refractivity contribution in [1.82, 2.24) is 15.8 Å². The fraction of sp³-hybridized carbons (Fsp3) is 0.333. The molecule has 2 aromatic rings. The molecular formula is C12H15N3O3. The molecule has 1 aromatic carbocycles. The second-order valence-corrected chi connectivity index (χ2v) is 3.83. The van der Waals surface area contributed by atoms with Gasteiger partial charge in [0.05, 0.1) is 6.61 Å². The van der Waals surface area contributed by atoms with Crippen LogP contribution in [0.1, 0.15) is 11.5 Å². The number of carbonyl (C=O) groups is 1. The molecule has 0 atom stereocenters. The Morgan fingerprint density at radius 2 is 2.33 bits per heavy atom. The van der Waals surface area contributed by atoms with E-state index in [9.17, 15) is 4.79 Å². The number of aromatic nitrogens is 1. The van der Waals surface area contributed by atoms with E-state index in [1.807, 2.05) is 18.2 Å². The molecule has 0 saturated heterocycles. The third-order valence-corrected chi connectivity index (χ3v) is 2.33. The number of hydrogen-bond donors (Lipinski definition) is 2. The van der Waals surface area contributed by atoms with Crippen molar-refractivity contribution in [2.75, 3.05) is 13.7 Å². The first-order valence-electron chi connectivity index (χ1n) is 5.58. The molecule has 0 unspecified atom stereocenters. The lowest BCUT2D eigenvalue weighted by molar-refractivity contribution is -0.126. The standard InChI is InChI=1S/C12H15N3O3/c1-8-14-10-5-9(3-4-11(10)18-8)6-17-7-12(16)15-13-2/h3-5,13H,6-7H2,1-2H3,(H,15,16). The van der Waals surface area contributed by atoms with Crippen molar-refractivity contribution in [3.05, 3.63) is 29.7 Å². The van der Waals surface area contributed by atoms with Crippen molar-refractivity contribution in [1.29, 1.82) is 0 Å². The first-order valence-corrected chi connectivity index (χ1v) is 5.58. The van der Waals surface area contributed by atoms with Gasteiger partial charge in [-0.15, -0.1) is 0 Å². The van der Waals surface area contributed by atoms with Gasteiger partial charge in [0.15, 0.2) is 11.5 Å². The van der Waals surface area contributed by atoms with Crippen LogP contribution >= 0.6 is 0 Å². The second kappa shape index (κ2) is 5.61. The summed E-state index contributed by atoms with van der Waals surface area (Å²) in [5.74, 6) is 0.423. The Kier molecular flexibility index (Phi) is 3.91. The van der Waals surface area contributed by atoms with Crippen LogP contribution in [0.2, 0.25) is 0 Å². The van der Waals surface area contributed by atoms with Gasteiger partial charge < -0.3 is 9.15 Å². The summed E-state index contributed by atoms with van der Waals surface area (Å²) >= 11 is 0. The first-order chi connectivity index (χ1) is 8.69. The molecule has 0 aliphatic rings. The van der Waals surface area contributed by atoms with Gasteiger partial charge in [0.1, 0.15) is 12.1 Å². The van der Waals surface area contributed by atoms with E-state index in [0.29, 0.717) is 12.5 Å². The highest BCUT2D eigenvalue weighted by Crippen LogP contribution is 2.17. The molecule has 1 heterocycles. The van der Waals surface area contributed by atoms with Crippen LogP contribution in [0.3, 0.4) is 0 Å². The molecule has 0 bridgehead atoms. The van der Waals surface area contributed by atoms with Gasteiger partial charge in [-0.1, -0.05) is 6.07 Å². The van der Waals surface area contributed by atoms with Crippen molar-refractivity contribution in [2.45, 2.75) is 13.5 Å². The van der Waals surface area contributed by atoms with Crippen molar-refractivity contribution < 1.29 is 13.9 Å². The number of hydrogen-bond acceptors (Lipinski definition) is 5. The average molecular weight is 249 g/mol. The van der Waals surface area contributed by atoms with Crippen molar-refractivity contribution in [3.8, 4) is 0 Å². The zero-order valence-corrected chi connectivity index (χ0v) is 10.3. The van der Waals surface area contributed by atoms with Crippen LogP contribution < -0.4 is 10.9 Å². The van der Waals surface area contributed by atoms with Gasteiger partial charge in [-0.05, 0) is 17.7 Å². The van der Waals surface area contributed by atoms with E-state index in [0.717, 1.165) is 16.7 Å². The van der Waals surface area contributed by atoms with E-state index in [2.05, 4.69) is 15.8 Å². The van der Waals surface area contributed by atoms with Crippen LogP contribution in [0.5, 0.6) is 0 Å². The molecule has 6 nitrogen and oxygen atoms in total. The van der Waals surface area contributed by atoms with Crippen molar-refractivity contribution in [3.63, 3.8) is 0 Å².